The molecule has 0 atom stereocenters. The van der Waals surface area contributed by atoms with E-state index in [0.717, 1.165) is 61.9 Å². The van der Waals surface area contributed by atoms with Crippen LogP contribution in [0, 0.1) is 12.8 Å². The number of hydrogen-bond acceptors (Lipinski definition) is 3. The van der Waals surface area contributed by atoms with Crippen molar-refractivity contribution in [2.45, 2.75) is 45.1 Å². The molecule has 1 saturated heterocycles. The van der Waals surface area contributed by atoms with E-state index in [9.17, 15) is 4.79 Å². The fourth-order valence-corrected chi connectivity index (χ4v) is 2.80. The summed E-state index contributed by atoms with van der Waals surface area (Å²) in [5.74, 6) is 1.72. The summed E-state index contributed by atoms with van der Waals surface area (Å²) in [5, 5.41) is 5.79. The van der Waals surface area contributed by atoms with Crippen molar-refractivity contribution in [3.8, 4) is 5.75 Å². The minimum absolute atomic E-state index is 0.136. The number of ether oxygens (including phenoxy) is 2. The number of anilines is 1. The molecule has 5 nitrogen and oxygen atoms in total. The SMILES string of the molecule is Cc1cc(NC(=O)NCCC2CC2)ccc1OC1CCOCC1. The first-order valence-electron chi connectivity index (χ1n) is 8.60. The Balaban J connectivity index is 1.48. The van der Waals surface area contributed by atoms with Crippen molar-refractivity contribution in [3.05, 3.63) is 23.8 Å². The molecule has 126 valence electrons. The molecule has 1 aromatic rings. The summed E-state index contributed by atoms with van der Waals surface area (Å²) in [6.45, 7) is 4.29. The first-order chi connectivity index (χ1) is 11.2. The second kappa shape index (κ2) is 7.68. The highest BCUT2D eigenvalue weighted by Crippen LogP contribution is 2.31. The van der Waals surface area contributed by atoms with Crippen LogP contribution in [-0.2, 0) is 4.74 Å². The summed E-state index contributed by atoms with van der Waals surface area (Å²) >= 11 is 0. The Kier molecular flexibility index (Phi) is 5.39. The van der Waals surface area contributed by atoms with E-state index in [2.05, 4.69) is 10.6 Å². The van der Waals surface area contributed by atoms with Crippen LogP contribution >= 0.6 is 0 Å². The van der Waals surface area contributed by atoms with E-state index in [1.54, 1.807) is 0 Å². The van der Waals surface area contributed by atoms with Crippen LogP contribution in [0.25, 0.3) is 0 Å². The standard InChI is InChI=1S/C18H26N2O3/c1-13-12-15(20-18(21)19-9-6-14-2-3-14)4-5-17(13)23-16-7-10-22-11-8-16/h4-5,12,14,16H,2-3,6-11H2,1H3,(H2,19,20,21). The highest BCUT2D eigenvalue weighted by atomic mass is 16.5. The topological polar surface area (TPSA) is 59.6 Å². The molecule has 1 aliphatic carbocycles. The first-order valence-corrected chi connectivity index (χ1v) is 8.60. The van der Waals surface area contributed by atoms with Crippen LogP contribution in [-0.4, -0.2) is 31.9 Å². The van der Waals surface area contributed by atoms with Gasteiger partial charge in [-0.05, 0) is 43.0 Å². The van der Waals surface area contributed by atoms with Crippen molar-refractivity contribution in [2.75, 3.05) is 25.1 Å². The molecule has 1 saturated carbocycles. The monoisotopic (exact) mass is 318 g/mol. The van der Waals surface area contributed by atoms with E-state index < -0.39 is 0 Å². The predicted molar refractivity (Wildman–Crippen MR) is 90.0 cm³/mol. The fraction of sp³-hybridized carbons (Fsp3) is 0.611. The van der Waals surface area contributed by atoms with Gasteiger partial charge in [0.25, 0.3) is 0 Å². The number of urea groups is 1. The third-order valence-electron chi connectivity index (χ3n) is 4.43. The molecular weight excluding hydrogens is 292 g/mol. The number of carbonyl (C=O) groups excluding carboxylic acids is 1. The Morgan fingerprint density at radius 2 is 2.04 bits per heavy atom. The maximum Gasteiger partial charge on any atom is 0.319 e. The van der Waals surface area contributed by atoms with Gasteiger partial charge in [-0.25, -0.2) is 4.79 Å². The van der Waals surface area contributed by atoms with E-state index in [0.29, 0.717) is 0 Å². The van der Waals surface area contributed by atoms with Gasteiger partial charge in [0, 0.05) is 25.1 Å². The second-order valence-electron chi connectivity index (χ2n) is 6.52. The third kappa shape index (κ3) is 5.13. The molecule has 0 bridgehead atoms. The normalized spacial score (nSPS) is 18.5. The second-order valence-corrected chi connectivity index (χ2v) is 6.52. The summed E-state index contributed by atoms with van der Waals surface area (Å²) in [6, 6.07) is 5.64. The molecule has 0 radical (unpaired) electrons. The minimum atomic E-state index is -0.136. The van der Waals surface area contributed by atoms with Crippen LogP contribution in [0.5, 0.6) is 5.75 Å². The van der Waals surface area contributed by atoms with Crippen molar-refractivity contribution in [3.63, 3.8) is 0 Å². The van der Waals surface area contributed by atoms with Gasteiger partial charge in [0.2, 0.25) is 0 Å². The number of benzene rings is 1. The molecule has 2 aliphatic rings. The van der Waals surface area contributed by atoms with Crippen LogP contribution in [0.3, 0.4) is 0 Å². The fourth-order valence-electron chi connectivity index (χ4n) is 2.80. The van der Waals surface area contributed by atoms with Gasteiger partial charge in [0.1, 0.15) is 11.9 Å². The lowest BCUT2D eigenvalue weighted by Gasteiger charge is -2.24. The number of nitrogens with one attached hydrogen (secondary N) is 2. The molecule has 0 aromatic heterocycles. The van der Waals surface area contributed by atoms with Crippen LogP contribution in [0.4, 0.5) is 10.5 Å². The number of amides is 2. The van der Waals surface area contributed by atoms with E-state index >= 15 is 0 Å². The van der Waals surface area contributed by atoms with Gasteiger partial charge in [0.05, 0.1) is 13.2 Å². The highest BCUT2D eigenvalue weighted by Gasteiger charge is 2.20. The van der Waals surface area contributed by atoms with E-state index in [1.807, 2.05) is 25.1 Å². The van der Waals surface area contributed by atoms with Crippen LogP contribution in [0.15, 0.2) is 18.2 Å². The molecule has 2 N–H and O–H groups in total. The zero-order valence-electron chi connectivity index (χ0n) is 13.8. The molecule has 1 heterocycles. The minimum Gasteiger partial charge on any atom is -0.490 e. The Labute approximate surface area is 137 Å². The first kappa shape index (κ1) is 16.1. The highest BCUT2D eigenvalue weighted by molar-refractivity contribution is 5.89. The van der Waals surface area contributed by atoms with Crippen LogP contribution < -0.4 is 15.4 Å². The molecule has 5 heteroatoms. The van der Waals surface area contributed by atoms with Gasteiger partial charge in [-0.2, -0.15) is 0 Å². The maximum absolute atomic E-state index is 11.9. The van der Waals surface area contributed by atoms with E-state index in [1.165, 1.54) is 12.8 Å². The summed E-state index contributed by atoms with van der Waals surface area (Å²) in [5.41, 5.74) is 1.83. The average Bonchev–Trinajstić information content (AvgIpc) is 3.35. The molecule has 0 spiro atoms. The summed E-state index contributed by atoms with van der Waals surface area (Å²) in [7, 11) is 0. The van der Waals surface area contributed by atoms with Gasteiger partial charge >= 0.3 is 6.03 Å². The molecule has 23 heavy (non-hydrogen) atoms. The summed E-state index contributed by atoms with van der Waals surface area (Å²) in [6.07, 6.45) is 5.82. The smallest absolute Gasteiger partial charge is 0.319 e. The molecule has 1 aliphatic heterocycles. The quantitative estimate of drug-likeness (QED) is 0.844. The number of aryl methyl sites for hydroxylation is 1. The van der Waals surface area contributed by atoms with E-state index in [-0.39, 0.29) is 12.1 Å². The number of hydrogen-bond donors (Lipinski definition) is 2. The van der Waals surface area contributed by atoms with Gasteiger partial charge in [0.15, 0.2) is 0 Å². The molecular formula is C18H26N2O3. The van der Waals surface area contributed by atoms with Crippen molar-refractivity contribution < 1.29 is 14.3 Å². The Bertz CT molecular complexity index is 537. The van der Waals surface area contributed by atoms with Crippen LogP contribution in [0.1, 0.15) is 37.7 Å². The molecule has 2 fully saturated rings. The van der Waals surface area contributed by atoms with Gasteiger partial charge in [-0.15, -0.1) is 0 Å². The predicted octanol–water partition coefficient (Wildman–Crippen LogP) is 3.47. The average molecular weight is 318 g/mol. The van der Waals surface area contributed by atoms with Crippen molar-refractivity contribution in [1.29, 1.82) is 0 Å². The van der Waals surface area contributed by atoms with Crippen molar-refractivity contribution >= 4 is 11.7 Å². The lowest BCUT2D eigenvalue weighted by Crippen LogP contribution is -2.29. The van der Waals surface area contributed by atoms with Crippen molar-refractivity contribution in [2.24, 2.45) is 5.92 Å². The summed E-state index contributed by atoms with van der Waals surface area (Å²) in [4.78, 5) is 11.9. The zero-order valence-corrected chi connectivity index (χ0v) is 13.8. The van der Waals surface area contributed by atoms with Gasteiger partial charge < -0.3 is 20.1 Å². The van der Waals surface area contributed by atoms with Gasteiger partial charge in [-0.3, -0.25) is 0 Å². The molecule has 3 rings (SSSR count). The van der Waals surface area contributed by atoms with Crippen LogP contribution in [0.2, 0.25) is 0 Å². The lowest BCUT2D eigenvalue weighted by atomic mass is 10.1. The van der Waals surface area contributed by atoms with Crippen molar-refractivity contribution in [1.82, 2.24) is 5.32 Å². The summed E-state index contributed by atoms with van der Waals surface area (Å²) < 4.78 is 11.4. The molecule has 2 amide bonds. The zero-order chi connectivity index (χ0) is 16.1. The largest absolute Gasteiger partial charge is 0.490 e. The maximum atomic E-state index is 11.9. The number of rotatable bonds is 6. The molecule has 1 aromatic carbocycles. The number of carbonyl (C=O) groups is 1. The van der Waals surface area contributed by atoms with E-state index in [4.69, 9.17) is 9.47 Å². The Morgan fingerprint density at radius 1 is 1.26 bits per heavy atom. The Hall–Kier alpha value is -1.75. The lowest BCUT2D eigenvalue weighted by molar-refractivity contribution is 0.0253. The van der Waals surface area contributed by atoms with Gasteiger partial charge in [-0.1, -0.05) is 12.8 Å². The Morgan fingerprint density at radius 3 is 2.74 bits per heavy atom. The third-order valence-corrected chi connectivity index (χ3v) is 4.43. The molecule has 0 unspecified atom stereocenters.